The van der Waals surface area contributed by atoms with Crippen LogP contribution in [0.1, 0.15) is 22.3 Å². The molecule has 1 saturated carbocycles. The molecule has 5 aromatic rings. The summed E-state index contributed by atoms with van der Waals surface area (Å²) in [5, 5.41) is 0.943. The fourth-order valence-electron chi connectivity index (χ4n) is 8.20. The summed E-state index contributed by atoms with van der Waals surface area (Å²) in [5.41, 5.74) is 1.12. The van der Waals surface area contributed by atoms with Crippen LogP contribution in [0.2, 0.25) is 10.0 Å². The Kier molecular flexibility index (Phi) is 6.44. The molecule has 2 bridgehead atoms. The van der Waals surface area contributed by atoms with Crippen molar-refractivity contribution >= 4 is 57.6 Å². The minimum Gasteiger partial charge on any atom is -0.297 e. The Hall–Kier alpha value is -4.84. The maximum absolute atomic E-state index is 15.9. The summed E-state index contributed by atoms with van der Waals surface area (Å²) in [5.74, 6) is -3.97. The van der Waals surface area contributed by atoms with Crippen LogP contribution >= 0.6 is 23.2 Å². The number of imide groups is 1. The topological polar surface area (TPSA) is 54.5 Å². The first-order valence-electron chi connectivity index (χ1n) is 14.9. The fraction of sp³-hybridized carbons (Fsp3) is 0.103. The number of halogens is 3. The molecule has 0 spiro atoms. The highest BCUT2D eigenvalue weighted by molar-refractivity contribution is 6.39. The van der Waals surface area contributed by atoms with Crippen molar-refractivity contribution in [3.05, 3.63) is 172 Å². The van der Waals surface area contributed by atoms with Gasteiger partial charge in [0.25, 0.3) is 0 Å². The molecule has 0 aromatic heterocycles. The second kappa shape index (κ2) is 10.3. The van der Waals surface area contributed by atoms with Crippen LogP contribution in [-0.2, 0) is 25.2 Å². The molecule has 8 rings (SSSR count). The first-order chi connectivity index (χ1) is 22.3. The number of nitrogens with zero attached hydrogens (tertiary/aromatic N) is 1. The highest BCUT2D eigenvalue weighted by Crippen LogP contribution is 2.74. The van der Waals surface area contributed by atoms with Crippen LogP contribution in [0.3, 0.4) is 0 Å². The van der Waals surface area contributed by atoms with Crippen molar-refractivity contribution in [1.29, 1.82) is 0 Å². The van der Waals surface area contributed by atoms with Crippen LogP contribution < -0.4 is 4.90 Å². The lowest BCUT2D eigenvalue weighted by atomic mass is 9.59. The van der Waals surface area contributed by atoms with Gasteiger partial charge in [-0.3, -0.25) is 14.4 Å². The largest absolute Gasteiger partial charge is 0.297 e. The summed E-state index contributed by atoms with van der Waals surface area (Å²) in [4.78, 5) is 46.8. The van der Waals surface area contributed by atoms with E-state index in [0.29, 0.717) is 32.3 Å². The number of hydrogen-bond donors (Lipinski definition) is 0. The van der Waals surface area contributed by atoms with Gasteiger partial charge >= 0.3 is 0 Å². The van der Waals surface area contributed by atoms with Crippen LogP contribution in [0, 0.1) is 17.7 Å². The van der Waals surface area contributed by atoms with E-state index in [2.05, 4.69) is 0 Å². The lowest BCUT2D eigenvalue weighted by Gasteiger charge is -2.39. The van der Waals surface area contributed by atoms with Gasteiger partial charge < -0.3 is 0 Å². The van der Waals surface area contributed by atoms with Crippen molar-refractivity contribution in [2.45, 2.75) is 10.8 Å². The van der Waals surface area contributed by atoms with Gasteiger partial charge in [-0.1, -0.05) is 108 Å². The molecule has 7 heteroatoms. The van der Waals surface area contributed by atoms with Gasteiger partial charge in [0.05, 0.1) is 28.4 Å². The average Bonchev–Trinajstić information content (AvgIpc) is 3.58. The zero-order chi connectivity index (χ0) is 31.8. The van der Waals surface area contributed by atoms with Crippen molar-refractivity contribution in [2.75, 3.05) is 4.90 Å². The molecular weight excluding hydrogens is 620 g/mol. The third-order valence-corrected chi connectivity index (χ3v) is 10.3. The smallest absolute Gasteiger partial charge is 0.239 e. The van der Waals surface area contributed by atoms with Gasteiger partial charge in [-0.25, -0.2) is 9.29 Å². The lowest BCUT2D eigenvalue weighted by molar-refractivity contribution is -0.130. The standard InChI is InChI=1S/C39H24Cl2FNO3/c40-27-15-11-25(12-16-27)38-31(23-7-3-1-4-8-23)32(24-9-5-2-6-10-24)39(37(38)46,26-13-17-28(41)18-14-26)34-33(38)35(44)43(36(34)45)30-21-19-29(42)20-22-30/h1-22,33-34H. The third-order valence-electron chi connectivity index (χ3n) is 9.80. The number of ketones is 1. The first kappa shape index (κ1) is 28.6. The predicted molar refractivity (Wildman–Crippen MR) is 177 cm³/mol. The normalized spacial score (nSPS) is 25.0. The summed E-state index contributed by atoms with van der Waals surface area (Å²) < 4.78 is 14.0. The molecule has 1 aliphatic heterocycles. The summed E-state index contributed by atoms with van der Waals surface area (Å²) in [6.45, 7) is 0. The number of anilines is 1. The van der Waals surface area contributed by atoms with Gasteiger partial charge in [-0.15, -0.1) is 0 Å². The molecule has 4 atom stereocenters. The van der Waals surface area contributed by atoms with Crippen molar-refractivity contribution in [3.63, 3.8) is 0 Å². The van der Waals surface area contributed by atoms with Gasteiger partial charge in [-0.2, -0.15) is 0 Å². The highest BCUT2D eigenvalue weighted by Gasteiger charge is 2.82. The van der Waals surface area contributed by atoms with E-state index < -0.39 is 40.3 Å². The van der Waals surface area contributed by atoms with Gasteiger partial charge in [0.2, 0.25) is 11.8 Å². The molecule has 5 aromatic carbocycles. The first-order valence-corrected chi connectivity index (χ1v) is 15.6. The van der Waals surface area contributed by atoms with Crippen molar-refractivity contribution < 1.29 is 18.8 Å². The molecule has 46 heavy (non-hydrogen) atoms. The number of allylic oxidation sites excluding steroid dienone is 2. The average molecular weight is 645 g/mol. The van der Waals surface area contributed by atoms with Crippen molar-refractivity contribution in [2.24, 2.45) is 11.8 Å². The lowest BCUT2D eigenvalue weighted by Crippen LogP contribution is -2.45. The number of fused-ring (bicyclic) bond motifs is 5. The maximum atomic E-state index is 15.9. The Labute approximate surface area is 274 Å². The SMILES string of the molecule is O=C1C2C(C(=O)N1c1ccc(F)cc1)C1(c3ccc(Cl)cc3)C(=O)C2(c2ccc(Cl)cc2)C(c2ccccc2)=C1c1ccccc1. The number of amides is 2. The second-order valence-corrected chi connectivity index (χ2v) is 12.8. The van der Waals surface area contributed by atoms with Crippen LogP contribution in [-0.4, -0.2) is 17.6 Å². The Balaban J connectivity index is 1.56. The zero-order valence-electron chi connectivity index (χ0n) is 24.2. The minimum absolute atomic E-state index is 0.248. The van der Waals surface area contributed by atoms with E-state index in [-0.39, 0.29) is 11.5 Å². The molecule has 2 aliphatic carbocycles. The Morgan fingerprint density at radius 2 is 0.913 bits per heavy atom. The van der Waals surface area contributed by atoms with E-state index in [1.54, 1.807) is 48.5 Å². The number of benzene rings is 5. The maximum Gasteiger partial charge on any atom is 0.239 e. The van der Waals surface area contributed by atoms with Gasteiger partial charge in [0.1, 0.15) is 5.82 Å². The number of hydrogen-bond acceptors (Lipinski definition) is 3. The number of carbonyl (C=O) groups excluding carboxylic acids is 3. The third kappa shape index (κ3) is 3.64. The second-order valence-electron chi connectivity index (χ2n) is 11.9. The molecule has 4 unspecified atom stereocenters. The van der Waals surface area contributed by atoms with E-state index >= 15 is 4.79 Å². The monoisotopic (exact) mass is 643 g/mol. The van der Waals surface area contributed by atoms with E-state index in [1.807, 2.05) is 60.7 Å². The summed E-state index contributed by atoms with van der Waals surface area (Å²) in [6.07, 6.45) is 0. The fourth-order valence-corrected chi connectivity index (χ4v) is 8.45. The van der Waals surface area contributed by atoms with Crippen LogP contribution in [0.5, 0.6) is 0 Å². The molecule has 0 N–H and O–H groups in total. The number of Topliss-reactive ketones (excluding diaryl/α,β-unsaturated/α-hetero) is 1. The van der Waals surface area contributed by atoms with Gasteiger partial charge in [0, 0.05) is 10.0 Å². The Bertz CT molecular complexity index is 1950. The zero-order valence-corrected chi connectivity index (χ0v) is 25.7. The van der Waals surface area contributed by atoms with Crippen LogP contribution in [0.25, 0.3) is 11.1 Å². The van der Waals surface area contributed by atoms with E-state index in [0.717, 1.165) is 16.0 Å². The van der Waals surface area contributed by atoms with Gasteiger partial charge in [-0.05, 0) is 81.9 Å². The number of carbonyl (C=O) groups is 3. The predicted octanol–water partition coefficient (Wildman–Crippen LogP) is 8.32. The number of rotatable bonds is 5. The highest BCUT2D eigenvalue weighted by atomic mass is 35.5. The molecule has 2 fully saturated rings. The molecule has 3 aliphatic rings. The quantitative estimate of drug-likeness (QED) is 0.181. The van der Waals surface area contributed by atoms with Crippen LogP contribution in [0.15, 0.2) is 133 Å². The van der Waals surface area contributed by atoms with E-state index in [4.69, 9.17) is 23.2 Å². The summed E-state index contributed by atoms with van der Waals surface area (Å²) in [7, 11) is 0. The van der Waals surface area contributed by atoms with E-state index in [1.165, 1.54) is 24.3 Å². The molecule has 1 saturated heterocycles. The van der Waals surface area contributed by atoms with E-state index in [9.17, 15) is 14.0 Å². The molecule has 1 heterocycles. The van der Waals surface area contributed by atoms with Crippen molar-refractivity contribution in [3.8, 4) is 0 Å². The van der Waals surface area contributed by atoms with Gasteiger partial charge in [0.15, 0.2) is 5.78 Å². The minimum atomic E-state index is -1.57. The van der Waals surface area contributed by atoms with Crippen LogP contribution in [0.4, 0.5) is 10.1 Å². The summed E-state index contributed by atoms with van der Waals surface area (Å²) in [6, 6.07) is 38.4. The molecule has 4 nitrogen and oxygen atoms in total. The molecule has 0 radical (unpaired) electrons. The molecule has 224 valence electrons. The van der Waals surface area contributed by atoms with Crippen molar-refractivity contribution in [1.82, 2.24) is 0 Å². The summed E-state index contributed by atoms with van der Waals surface area (Å²) >= 11 is 12.8. The molecular formula is C39H24Cl2FNO3. The molecule has 2 amide bonds. The Morgan fingerprint density at radius 1 is 0.522 bits per heavy atom. The Morgan fingerprint density at radius 3 is 1.30 bits per heavy atom.